The van der Waals surface area contributed by atoms with Crippen LogP contribution in [0, 0.1) is 0 Å². The Morgan fingerprint density at radius 2 is 0.514 bits per heavy atom. The molecule has 0 heterocycles. The van der Waals surface area contributed by atoms with Crippen LogP contribution < -0.4 is 15.3 Å². The summed E-state index contributed by atoms with van der Waals surface area (Å²) in [6.07, 6.45) is 25.0. The number of carboxylic acid groups (broad SMARTS) is 3. The normalized spacial score (nSPS) is 9.81. The van der Waals surface area contributed by atoms with Gasteiger partial charge < -0.3 is 29.7 Å². The minimum atomic E-state index is -0.913. The fraction of sp³-hybridized carbons (Fsp3) is 0.900. The van der Waals surface area contributed by atoms with Gasteiger partial charge in [-0.3, -0.25) is 0 Å². The summed E-state index contributed by atoms with van der Waals surface area (Å²) in [6, 6.07) is 0. The van der Waals surface area contributed by atoms with E-state index < -0.39 is 17.9 Å². The topological polar surface area (TPSA) is 120 Å². The predicted octanol–water partition coefficient (Wildman–Crippen LogP) is 5.25. The van der Waals surface area contributed by atoms with Crippen LogP contribution in [-0.2, 0) is 14.4 Å². The molecule has 0 unspecified atom stereocenters. The zero-order chi connectivity index (χ0) is 27.7. The Labute approximate surface area is 247 Å². The Bertz CT molecular complexity index is 404. The molecule has 0 aliphatic heterocycles. The number of carbonyl (C=O) groups is 3. The van der Waals surface area contributed by atoms with Crippen molar-refractivity contribution in [3.63, 3.8) is 0 Å². The van der Waals surface area contributed by atoms with Crippen molar-refractivity contribution in [2.24, 2.45) is 0 Å². The van der Waals surface area contributed by atoms with Gasteiger partial charge in [0.25, 0.3) is 0 Å². The van der Waals surface area contributed by atoms with E-state index in [-0.39, 0.29) is 45.5 Å². The van der Waals surface area contributed by atoms with Crippen LogP contribution in [0.1, 0.15) is 175 Å². The van der Waals surface area contributed by atoms with Crippen LogP contribution >= 0.6 is 0 Å². The van der Waals surface area contributed by atoms with Crippen LogP contribution in [0.2, 0.25) is 0 Å². The van der Waals surface area contributed by atoms with E-state index in [0.29, 0.717) is 0 Å². The molecule has 0 fully saturated rings. The Balaban J connectivity index is -0.000000218. The first-order chi connectivity index (χ1) is 17.3. The van der Waals surface area contributed by atoms with Gasteiger partial charge in [-0.2, -0.15) is 0 Å². The van der Waals surface area contributed by atoms with Gasteiger partial charge in [-0.05, 0) is 38.5 Å². The molecule has 0 atom stereocenters. The van der Waals surface area contributed by atoms with Crippen molar-refractivity contribution in [2.75, 3.05) is 0 Å². The fourth-order valence-electron chi connectivity index (χ4n) is 3.68. The molecule has 0 aromatic carbocycles. The maximum Gasteiger partial charge on any atom is 3.00 e. The van der Waals surface area contributed by atoms with E-state index in [9.17, 15) is 29.7 Å². The van der Waals surface area contributed by atoms with Gasteiger partial charge in [0.15, 0.2) is 0 Å². The third-order valence-corrected chi connectivity index (χ3v) is 5.95. The van der Waals surface area contributed by atoms with Crippen molar-refractivity contribution in [3.05, 3.63) is 0 Å². The average molecular weight is 723 g/mol. The van der Waals surface area contributed by atoms with Gasteiger partial charge in [0.05, 0.1) is 0 Å². The summed E-state index contributed by atoms with van der Waals surface area (Å²) >= 11 is 0. The quantitative estimate of drug-likeness (QED) is 0.0992. The number of unbranched alkanes of at least 4 members (excludes halogenated alkanes) is 18. The van der Waals surface area contributed by atoms with Crippen molar-refractivity contribution >= 4 is 44.1 Å². The van der Waals surface area contributed by atoms with Crippen molar-refractivity contribution in [2.45, 2.75) is 175 Å². The van der Waals surface area contributed by atoms with Crippen LogP contribution in [0.3, 0.4) is 0 Å². The molecule has 0 aromatic heterocycles. The summed E-state index contributed by atoms with van der Waals surface area (Å²) in [6.45, 7) is 6.57. The molecule has 37 heavy (non-hydrogen) atoms. The van der Waals surface area contributed by atoms with Gasteiger partial charge in [-0.15, -0.1) is 0 Å². The van der Waals surface area contributed by atoms with Gasteiger partial charge in [0.1, 0.15) is 0 Å². The minimum absolute atomic E-state index is 0. The SMILES string of the molecule is CCCCCCCCCC(=O)[O-].CCCCCCCCCC(=O)[O-].CCCCCCCCCC(=O)[O-].[Bi+3]. The molecule has 0 aliphatic carbocycles. The van der Waals surface area contributed by atoms with E-state index in [2.05, 4.69) is 20.8 Å². The van der Waals surface area contributed by atoms with Gasteiger partial charge in [-0.25, -0.2) is 0 Å². The van der Waals surface area contributed by atoms with E-state index in [0.717, 1.165) is 38.5 Å². The molecule has 0 aromatic rings. The van der Waals surface area contributed by atoms with Gasteiger partial charge >= 0.3 is 26.2 Å². The second kappa shape index (κ2) is 39.8. The molecule has 0 saturated heterocycles. The number of aliphatic carboxylic acids is 3. The number of carbonyl (C=O) groups excluding carboxylic acids is 3. The first kappa shape index (κ1) is 43.3. The van der Waals surface area contributed by atoms with Gasteiger partial charge in [0, 0.05) is 17.9 Å². The molecule has 0 spiro atoms. The summed E-state index contributed by atoms with van der Waals surface area (Å²) in [4.78, 5) is 30.1. The molecule has 7 heteroatoms. The monoisotopic (exact) mass is 722 g/mol. The van der Waals surface area contributed by atoms with E-state index in [4.69, 9.17) is 0 Å². The van der Waals surface area contributed by atoms with E-state index in [1.54, 1.807) is 0 Å². The molecule has 0 bridgehead atoms. The maximum absolute atomic E-state index is 10.0. The zero-order valence-electron chi connectivity index (χ0n) is 24.4. The Hall–Kier alpha value is -0.707. The van der Waals surface area contributed by atoms with Crippen molar-refractivity contribution in [1.82, 2.24) is 0 Å². The maximum atomic E-state index is 10.0. The molecule has 218 valence electrons. The van der Waals surface area contributed by atoms with E-state index in [1.165, 1.54) is 96.3 Å². The van der Waals surface area contributed by atoms with Gasteiger partial charge in [0.2, 0.25) is 0 Å². The molecule has 0 aliphatic rings. The molecule has 0 N–H and O–H groups in total. The molecular formula is C30H57BiO6. The fourth-order valence-corrected chi connectivity index (χ4v) is 3.68. The number of hydrogen-bond acceptors (Lipinski definition) is 6. The van der Waals surface area contributed by atoms with Gasteiger partial charge in [-0.1, -0.05) is 136 Å². The minimum Gasteiger partial charge on any atom is -0.550 e. The second-order valence-electron chi connectivity index (χ2n) is 9.73. The summed E-state index contributed by atoms with van der Waals surface area (Å²) in [7, 11) is 0. The van der Waals surface area contributed by atoms with Crippen molar-refractivity contribution in [3.8, 4) is 0 Å². The number of hydrogen-bond donors (Lipinski definition) is 0. The first-order valence-corrected chi connectivity index (χ1v) is 14.9. The Morgan fingerprint density at radius 1 is 0.351 bits per heavy atom. The molecule has 2 radical (unpaired) electrons. The molecule has 0 rings (SSSR count). The van der Waals surface area contributed by atoms with Crippen LogP contribution in [0.15, 0.2) is 0 Å². The van der Waals surface area contributed by atoms with Crippen LogP contribution in [0.5, 0.6) is 0 Å². The standard InChI is InChI=1S/3C10H20O2.Bi/c3*1-2-3-4-5-6-7-8-9-10(11)12;/h3*2-9H2,1H3,(H,11,12);/q;;;+3/p-3. The third-order valence-electron chi connectivity index (χ3n) is 5.95. The number of rotatable bonds is 24. The summed E-state index contributed by atoms with van der Waals surface area (Å²) in [5.41, 5.74) is 0. The van der Waals surface area contributed by atoms with E-state index >= 15 is 0 Å². The first-order valence-electron chi connectivity index (χ1n) is 14.9. The van der Waals surface area contributed by atoms with Crippen LogP contribution in [0.4, 0.5) is 0 Å². The zero-order valence-corrected chi connectivity index (χ0v) is 27.8. The second-order valence-corrected chi connectivity index (χ2v) is 9.73. The van der Waals surface area contributed by atoms with Crippen molar-refractivity contribution in [1.29, 1.82) is 0 Å². The Kier molecular flexibility index (Phi) is 46.6. The molecular weight excluding hydrogens is 665 g/mol. The summed E-state index contributed by atoms with van der Waals surface area (Å²) in [5, 5.41) is 30.1. The molecule has 6 nitrogen and oxygen atoms in total. The average Bonchev–Trinajstić information content (AvgIpc) is 2.83. The molecule has 0 amide bonds. The molecule has 0 saturated carbocycles. The van der Waals surface area contributed by atoms with Crippen LogP contribution in [0.25, 0.3) is 0 Å². The summed E-state index contributed by atoms with van der Waals surface area (Å²) < 4.78 is 0. The predicted molar refractivity (Wildman–Crippen MR) is 149 cm³/mol. The van der Waals surface area contributed by atoms with Crippen molar-refractivity contribution < 1.29 is 29.7 Å². The smallest absolute Gasteiger partial charge is 0.550 e. The number of carboxylic acids is 3. The largest absolute Gasteiger partial charge is 3.00 e. The summed E-state index contributed by atoms with van der Waals surface area (Å²) in [5.74, 6) is -2.74. The van der Waals surface area contributed by atoms with Crippen LogP contribution in [-0.4, -0.2) is 44.1 Å². The third kappa shape index (κ3) is 56.6. The Morgan fingerprint density at radius 3 is 0.676 bits per heavy atom. The van der Waals surface area contributed by atoms with E-state index in [1.807, 2.05) is 0 Å².